The van der Waals surface area contributed by atoms with Gasteiger partial charge in [0.05, 0.1) is 19.7 Å². The van der Waals surface area contributed by atoms with Crippen molar-refractivity contribution in [3.8, 4) is 5.75 Å². The van der Waals surface area contributed by atoms with Gasteiger partial charge in [-0.25, -0.2) is 9.38 Å². The predicted octanol–water partition coefficient (Wildman–Crippen LogP) is 3.38. The van der Waals surface area contributed by atoms with Crippen molar-refractivity contribution in [3.63, 3.8) is 0 Å². The molecule has 1 aliphatic rings. The fourth-order valence-corrected chi connectivity index (χ4v) is 3.22. The number of aromatic hydroxyl groups is 1. The number of nitrogens with one attached hydrogen (secondary N) is 1. The van der Waals surface area contributed by atoms with Crippen LogP contribution in [-0.2, 0) is 11.3 Å². The molecular formula is C21H26FN3O2. The maximum Gasteiger partial charge on any atom is 0.194 e. The quantitative estimate of drug-likeness (QED) is 0.639. The van der Waals surface area contributed by atoms with Crippen LogP contribution < -0.4 is 5.32 Å². The van der Waals surface area contributed by atoms with E-state index in [0.717, 1.165) is 19.0 Å². The third-order valence-corrected chi connectivity index (χ3v) is 4.66. The van der Waals surface area contributed by atoms with E-state index in [9.17, 15) is 9.50 Å². The number of phenolic OH excluding ortho intramolecular Hbond substituents is 1. The molecule has 0 radical (unpaired) electrons. The third kappa shape index (κ3) is 4.77. The SMILES string of the molecule is CCNC(=NCc1ccc(O)c(F)c1)N1CCOC(c2ccccc2C)C1. The summed E-state index contributed by atoms with van der Waals surface area (Å²) in [7, 11) is 0. The Bertz CT molecular complexity index is 810. The molecule has 1 heterocycles. The summed E-state index contributed by atoms with van der Waals surface area (Å²) in [5, 5.41) is 12.6. The van der Waals surface area contributed by atoms with Gasteiger partial charge in [-0.2, -0.15) is 0 Å². The van der Waals surface area contributed by atoms with Crippen molar-refractivity contribution in [2.24, 2.45) is 4.99 Å². The molecule has 5 nitrogen and oxygen atoms in total. The minimum atomic E-state index is -0.626. The van der Waals surface area contributed by atoms with Crippen molar-refractivity contribution in [3.05, 3.63) is 65.0 Å². The monoisotopic (exact) mass is 371 g/mol. The molecule has 0 amide bonds. The van der Waals surface area contributed by atoms with Crippen molar-refractivity contribution in [2.75, 3.05) is 26.2 Å². The molecule has 0 bridgehead atoms. The molecule has 27 heavy (non-hydrogen) atoms. The van der Waals surface area contributed by atoms with E-state index >= 15 is 0 Å². The summed E-state index contributed by atoms with van der Waals surface area (Å²) in [6.07, 6.45) is -0.00470. The van der Waals surface area contributed by atoms with E-state index in [1.807, 2.05) is 19.1 Å². The van der Waals surface area contributed by atoms with E-state index in [-0.39, 0.29) is 11.9 Å². The van der Waals surface area contributed by atoms with Gasteiger partial charge in [0.15, 0.2) is 17.5 Å². The average Bonchev–Trinajstić information content (AvgIpc) is 2.68. The lowest BCUT2D eigenvalue weighted by Gasteiger charge is -2.35. The van der Waals surface area contributed by atoms with Crippen molar-refractivity contribution < 1.29 is 14.2 Å². The van der Waals surface area contributed by atoms with Crippen molar-refractivity contribution >= 4 is 5.96 Å². The molecule has 3 rings (SSSR count). The summed E-state index contributed by atoms with van der Waals surface area (Å²) in [5.41, 5.74) is 3.12. The highest BCUT2D eigenvalue weighted by Gasteiger charge is 2.25. The summed E-state index contributed by atoms with van der Waals surface area (Å²) in [5.74, 6) is -0.185. The minimum Gasteiger partial charge on any atom is -0.505 e. The summed E-state index contributed by atoms with van der Waals surface area (Å²) in [6.45, 7) is 7.28. The highest BCUT2D eigenvalue weighted by molar-refractivity contribution is 5.80. The Balaban J connectivity index is 1.75. The van der Waals surface area contributed by atoms with Gasteiger partial charge in [-0.1, -0.05) is 30.3 Å². The third-order valence-electron chi connectivity index (χ3n) is 4.66. The maximum absolute atomic E-state index is 13.5. The van der Waals surface area contributed by atoms with Gasteiger partial charge in [0.2, 0.25) is 0 Å². The molecule has 2 N–H and O–H groups in total. The second-order valence-electron chi connectivity index (χ2n) is 6.62. The van der Waals surface area contributed by atoms with Gasteiger partial charge in [-0.05, 0) is 42.7 Å². The van der Waals surface area contributed by atoms with E-state index in [1.54, 1.807) is 6.07 Å². The zero-order chi connectivity index (χ0) is 19.2. The lowest BCUT2D eigenvalue weighted by atomic mass is 10.0. The largest absolute Gasteiger partial charge is 0.505 e. The summed E-state index contributed by atoms with van der Waals surface area (Å²) < 4.78 is 19.5. The molecule has 6 heteroatoms. The predicted molar refractivity (Wildman–Crippen MR) is 104 cm³/mol. The Morgan fingerprint density at radius 1 is 1.33 bits per heavy atom. The lowest BCUT2D eigenvalue weighted by molar-refractivity contribution is -0.00834. The lowest BCUT2D eigenvalue weighted by Crippen LogP contribution is -2.48. The first-order valence-electron chi connectivity index (χ1n) is 9.26. The van der Waals surface area contributed by atoms with E-state index in [4.69, 9.17) is 4.74 Å². The number of guanidine groups is 1. The first-order chi connectivity index (χ1) is 13.1. The number of hydrogen-bond acceptors (Lipinski definition) is 3. The normalized spacial score (nSPS) is 17.8. The molecule has 0 saturated carbocycles. The zero-order valence-electron chi connectivity index (χ0n) is 15.8. The Kier molecular flexibility index (Phi) is 6.29. The highest BCUT2D eigenvalue weighted by Crippen LogP contribution is 2.25. The van der Waals surface area contributed by atoms with Gasteiger partial charge in [0, 0.05) is 13.1 Å². The van der Waals surface area contributed by atoms with E-state index in [0.29, 0.717) is 25.3 Å². The first-order valence-corrected chi connectivity index (χ1v) is 9.26. The number of aryl methyl sites for hydroxylation is 1. The Morgan fingerprint density at radius 3 is 2.89 bits per heavy atom. The van der Waals surface area contributed by atoms with Crippen LogP contribution in [0.5, 0.6) is 5.75 Å². The van der Waals surface area contributed by atoms with Gasteiger partial charge in [-0.3, -0.25) is 0 Å². The number of halogens is 1. The van der Waals surface area contributed by atoms with Crippen molar-refractivity contribution in [1.29, 1.82) is 0 Å². The maximum atomic E-state index is 13.5. The van der Waals surface area contributed by atoms with E-state index in [1.165, 1.54) is 23.3 Å². The summed E-state index contributed by atoms with van der Waals surface area (Å²) in [6, 6.07) is 12.6. The average molecular weight is 371 g/mol. The van der Waals surface area contributed by atoms with E-state index < -0.39 is 5.82 Å². The zero-order valence-corrected chi connectivity index (χ0v) is 15.8. The molecule has 1 atom stereocenters. The van der Waals surface area contributed by atoms with Crippen LogP contribution in [0.3, 0.4) is 0 Å². The fraction of sp³-hybridized carbons (Fsp3) is 0.381. The molecule has 0 aliphatic carbocycles. The molecule has 2 aromatic rings. The molecule has 1 unspecified atom stereocenters. The molecule has 0 aromatic heterocycles. The fourth-order valence-electron chi connectivity index (χ4n) is 3.22. The van der Waals surface area contributed by atoms with Crippen LogP contribution in [-0.4, -0.2) is 42.2 Å². The summed E-state index contributed by atoms with van der Waals surface area (Å²) >= 11 is 0. The molecule has 2 aromatic carbocycles. The van der Waals surface area contributed by atoms with Crippen LogP contribution in [0.15, 0.2) is 47.5 Å². The van der Waals surface area contributed by atoms with Crippen LogP contribution in [0.1, 0.15) is 29.7 Å². The van der Waals surface area contributed by atoms with Crippen LogP contribution in [0.2, 0.25) is 0 Å². The van der Waals surface area contributed by atoms with Crippen LogP contribution in [0.4, 0.5) is 4.39 Å². The van der Waals surface area contributed by atoms with Gasteiger partial charge in [0.1, 0.15) is 6.10 Å². The number of aliphatic imine (C=N–C) groups is 1. The Hall–Kier alpha value is -2.60. The molecule has 1 aliphatic heterocycles. The molecular weight excluding hydrogens is 345 g/mol. The van der Waals surface area contributed by atoms with Gasteiger partial charge >= 0.3 is 0 Å². The topological polar surface area (TPSA) is 57.1 Å². The number of hydrogen-bond donors (Lipinski definition) is 2. The second-order valence-corrected chi connectivity index (χ2v) is 6.62. The number of morpholine rings is 1. The number of phenols is 1. The van der Waals surface area contributed by atoms with Gasteiger partial charge < -0.3 is 20.1 Å². The molecule has 1 saturated heterocycles. The molecule has 1 fully saturated rings. The number of rotatable bonds is 4. The second kappa shape index (κ2) is 8.86. The Morgan fingerprint density at radius 2 is 2.15 bits per heavy atom. The van der Waals surface area contributed by atoms with Crippen molar-refractivity contribution in [2.45, 2.75) is 26.5 Å². The molecule has 0 spiro atoms. The highest BCUT2D eigenvalue weighted by atomic mass is 19.1. The van der Waals surface area contributed by atoms with Crippen LogP contribution in [0.25, 0.3) is 0 Å². The number of nitrogens with zero attached hydrogens (tertiary/aromatic N) is 2. The molecule has 144 valence electrons. The van der Waals surface area contributed by atoms with Gasteiger partial charge in [-0.15, -0.1) is 0 Å². The number of ether oxygens (including phenoxy) is 1. The number of benzene rings is 2. The minimum absolute atomic E-state index is 0.00470. The summed E-state index contributed by atoms with van der Waals surface area (Å²) in [4.78, 5) is 6.84. The smallest absolute Gasteiger partial charge is 0.194 e. The van der Waals surface area contributed by atoms with Crippen molar-refractivity contribution in [1.82, 2.24) is 10.2 Å². The van der Waals surface area contributed by atoms with E-state index in [2.05, 4.69) is 34.3 Å². The van der Waals surface area contributed by atoms with Crippen LogP contribution >= 0.6 is 0 Å². The van der Waals surface area contributed by atoms with Crippen LogP contribution in [0, 0.1) is 12.7 Å². The first kappa shape index (κ1) is 19.2. The van der Waals surface area contributed by atoms with Gasteiger partial charge in [0.25, 0.3) is 0 Å². The standard InChI is InChI=1S/C21H26FN3O2/c1-3-23-21(24-13-16-8-9-19(26)18(22)12-16)25-10-11-27-20(14-25)17-7-5-4-6-15(17)2/h4-9,12,20,26H,3,10-11,13-14H2,1-2H3,(H,23,24). The Labute approximate surface area is 159 Å².